The third-order valence-electron chi connectivity index (χ3n) is 4.90. The predicted molar refractivity (Wildman–Crippen MR) is 83.4 cm³/mol. The van der Waals surface area contributed by atoms with E-state index in [-0.39, 0.29) is 5.60 Å². The summed E-state index contributed by atoms with van der Waals surface area (Å²) in [4.78, 5) is 3.08. The average Bonchev–Trinajstić information content (AvgIpc) is 2.39. The molecule has 4 heteroatoms. The van der Waals surface area contributed by atoms with Gasteiger partial charge in [-0.1, -0.05) is 38.4 Å². The van der Waals surface area contributed by atoms with Crippen LogP contribution in [0.1, 0.15) is 51.9 Å². The maximum Gasteiger partial charge on any atom is 0.0768 e. The van der Waals surface area contributed by atoms with Crippen molar-refractivity contribution in [2.75, 3.05) is 20.2 Å². The lowest BCUT2D eigenvalue weighted by molar-refractivity contribution is -0.122. The van der Waals surface area contributed by atoms with E-state index >= 15 is 0 Å². The Labute approximate surface area is 122 Å². The van der Waals surface area contributed by atoms with Gasteiger partial charge in [-0.3, -0.25) is 0 Å². The molecule has 19 heavy (non-hydrogen) atoms. The van der Waals surface area contributed by atoms with Crippen molar-refractivity contribution in [2.45, 2.75) is 63.5 Å². The lowest BCUT2D eigenvalue weighted by Gasteiger charge is -2.46. The molecule has 2 fully saturated rings. The number of nitrogens with two attached hydrogens (primary N) is 1. The highest BCUT2D eigenvalue weighted by atomic mass is 32.1. The molecular formula is C15H28N2OS. The van der Waals surface area contributed by atoms with Crippen LogP contribution in [0.4, 0.5) is 0 Å². The van der Waals surface area contributed by atoms with Gasteiger partial charge in [-0.25, -0.2) is 0 Å². The highest BCUT2D eigenvalue weighted by Crippen LogP contribution is 2.39. The van der Waals surface area contributed by atoms with Crippen LogP contribution in [-0.2, 0) is 4.74 Å². The van der Waals surface area contributed by atoms with Crippen LogP contribution in [-0.4, -0.2) is 41.7 Å². The summed E-state index contributed by atoms with van der Waals surface area (Å²) in [6.45, 7) is 4.00. The lowest BCUT2D eigenvalue weighted by atomic mass is 9.78. The van der Waals surface area contributed by atoms with Gasteiger partial charge in [-0.2, -0.15) is 0 Å². The fourth-order valence-corrected chi connectivity index (χ4v) is 3.67. The van der Waals surface area contributed by atoms with Crippen molar-refractivity contribution in [2.24, 2.45) is 11.7 Å². The second-order valence-corrected chi connectivity index (χ2v) is 6.95. The Hall–Kier alpha value is -0.190. The first-order valence-corrected chi connectivity index (χ1v) is 8.07. The zero-order valence-electron chi connectivity index (χ0n) is 12.4. The minimum atomic E-state index is 0.182. The molecule has 1 saturated carbocycles. The quantitative estimate of drug-likeness (QED) is 0.806. The van der Waals surface area contributed by atoms with Crippen molar-refractivity contribution in [3.05, 3.63) is 0 Å². The number of hydrogen-bond donors (Lipinski definition) is 1. The summed E-state index contributed by atoms with van der Waals surface area (Å²) in [6.07, 6.45) is 8.88. The molecule has 1 aliphatic carbocycles. The normalized spacial score (nSPS) is 28.5. The van der Waals surface area contributed by atoms with E-state index in [1.54, 1.807) is 0 Å². The third kappa shape index (κ3) is 3.89. The van der Waals surface area contributed by atoms with Crippen LogP contribution in [0.25, 0.3) is 0 Å². The average molecular weight is 284 g/mol. The van der Waals surface area contributed by atoms with Gasteiger partial charge >= 0.3 is 0 Å². The van der Waals surface area contributed by atoms with E-state index in [9.17, 15) is 0 Å². The smallest absolute Gasteiger partial charge is 0.0768 e. The van der Waals surface area contributed by atoms with Gasteiger partial charge < -0.3 is 15.4 Å². The van der Waals surface area contributed by atoms with Gasteiger partial charge in [0.15, 0.2) is 0 Å². The van der Waals surface area contributed by atoms with E-state index in [2.05, 4.69) is 18.9 Å². The molecule has 1 aliphatic heterocycles. The zero-order valence-corrected chi connectivity index (χ0v) is 13.2. The van der Waals surface area contributed by atoms with Gasteiger partial charge in [-0.15, -0.1) is 0 Å². The molecular weight excluding hydrogens is 256 g/mol. The number of hydrogen-bond acceptors (Lipinski definition) is 3. The molecule has 1 heterocycles. The molecule has 2 rings (SSSR count). The molecule has 0 aromatic carbocycles. The molecule has 2 unspecified atom stereocenters. The van der Waals surface area contributed by atoms with Crippen molar-refractivity contribution in [1.82, 2.24) is 4.90 Å². The number of ether oxygens (including phenoxy) is 1. The van der Waals surface area contributed by atoms with Crippen LogP contribution in [0, 0.1) is 5.92 Å². The van der Waals surface area contributed by atoms with Gasteiger partial charge in [0.05, 0.1) is 10.6 Å². The van der Waals surface area contributed by atoms with Crippen LogP contribution in [0.15, 0.2) is 0 Å². The number of thiocarbonyl (C=S) groups is 1. The lowest BCUT2D eigenvalue weighted by Crippen LogP contribution is -2.49. The second-order valence-electron chi connectivity index (χ2n) is 6.48. The standard InChI is InChI=1S/C15H28N2OS/c1-12(14(16)19)11-17(2)13-6-9-18-15(10-13)7-4-3-5-8-15/h12-13H,3-11H2,1-2H3,(H2,16,19). The Kier molecular flexibility index (Phi) is 5.21. The molecule has 0 aromatic rings. The zero-order chi connectivity index (χ0) is 13.9. The van der Waals surface area contributed by atoms with Crippen LogP contribution < -0.4 is 5.73 Å². The van der Waals surface area contributed by atoms with Crippen molar-refractivity contribution < 1.29 is 4.74 Å². The molecule has 0 aromatic heterocycles. The van der Waals surface area contributed by atoms with Crippen molar-refractivity contribution in [1.29, 1.82) is 0 Å². The minimum Gasteiger partial charge on any atom is -0.393 e. The Morgan fingerprint density at radius 2 is 2.11 bits per heavy atom. The first-order chi connectivity index (χ1) is 9.02. The van der Waals surface area contributed by atoms with Crippen molar-refractivity contribution in [3.63, 3.8) is 0 Å². The second kappa shape index (κ2) is 6.51. The summed E-state index contributed by atoms with van der Waals surface area (Å²) >= 11 is 5.08. The Morgan fingerprint density at radius 3 is 2.74 bits per heavy atom. The van der Waals surface area contributed by atoms with Gasteiger partial charge in [0.2, 0.25) is 0 Å². The fourth-order valence-electron chi connectivity index (χ4n) is 3.59. The Bertz CT molecular complexity index is 310. The monoisotopic (exact) mass is 284 g/mol. The van der Waals surface area contributed by atoms with Crippen LogP contribution in [0.3, 0.4) is 0 Å². The molecule has 2 atom stereocenters. The summed E-state index contributed by atoms with van der Waals surface area (Å²) in [6, 6.07) is 0.628. The third-order valence-corrected chi connectivity index (χ3v) is 5.31. The Balaban J connectivity index is 1.91. The molecule has 110 valence electrons. The van der Waals surface area contributed by atoms with Crippen LogP contribution in [0.2, 0.25) is 0 Å². The van der Waals surface area contributed by atoms with E-state index in [1.165, 1.54) is 38.5 Å². The topological polar surface area (TPSA) is 38.5 Å². The molecule has 1 spiro atoms. The summed E-state index contributed by atoms with van der Waals surface area (Å²) < 4.78 is 6.16. The molecule has 2 aliphatic rings. The highest BCUT2D eigenvalue weighted by Gasteiger charge is 2.39. The molecule has 0 radical (unpaired) electrons. The number of nitrogens with zero attached hydrogens (tertiary/aromatic N) is 1. The number of rotatable bonds is 4. The largest absolute Gasteiger partial charge is 0.393 e. The fraction of sp³-hybridized carbons (Fsp3) is 0.933. The Morgan fingerprint density at radius 1 is 1.42 bits per heavy atom. The van der Waals surface area contributed by atoms with E-state index in [1.807, 2.05) is 0 Å². The SMILES string of the molecule is CC(CN(C)C1CCOC2(CCCCC2)C1)C(N)=S. The maximum atomic E-state index is 6.16. The van der Waals surface area contributed by atoms with E-state index in [0.717, 1.165) is 19.6 Å². The van der Waals surface area contributed by atoms with Gasteiger partial charge in [-0.05, 0) is 32.7 Å². The molecule has 0 amide bonds. The maximum absolute atomic E-state index is 6.16. The van der Waals surface area contributed by atoms with Crippen LogP contribution >= 0.6 is 12.2 Å². The van der Waals surface area contributed by atoms with Gasteiger partial charge in [0.1, 0.15) is 0 Å². The summed E-state index contributed by atoms with van der Waals surface area (Å²) in [5.41, 5.74) is 5.91. The summed E-state index contributed by atoms with van der Waals surface area (Å²) in [5, 5.41) is 0. The molecule has 1 saturated heterocycles. The van der Waals surface area contributed by atoms with Crippen molar-refractivity contribution >= 4 is 17.2 Å². The first kappa shape index (κ1) is 15.2. The van der Waals surface area contributed by atoms with E-state index in [0.29, 0.717) is 16.9 Å². The van der Waals surface area contributed by atoms with Gasteiger partial charge in [0.25, 0.3) is 0 Å². The summed E-state index contributed by atoms with van der Waals surface area (Å²) in [5.74, 6) is 0.296. The first-order valence-electron chi connectivity index (χ1n) is 7.66. The molecule has 0 bridgehead atoms. The highest BCUT2D eigenvalue weighted by molar-refractivity contribution is 7.80. The molecule has 3 nitrogen and oxygen atoms in total. The van der Waals surface area contributed by atoms with E-state index < -0.39 is 0 Å². The van der Waals surface area contributed by atoms with Gasteiger partial charge in [0, 0.05) is 25.1 Å². The van der Waals surface area contributed by atoms with Crippen molar-refractivity contribution in [3.8, 4) is 0 Å². The van der Waals surface area contributed by atoms with Crippen LogP contribution in [0.5, 0.6) is 0 Å². The van der Waals surface area contributed by atoms with E-state index in [4.69, 9.17) is 22.7 Å². The summed E-state index contributed by atoms with van der Waals surface area (Å²) in [7, 11) is 2.21. The predicted octanol–water partition coefficient (Wildman–Crippen LogP) is 2.72. The molecule has 2 N–H and O–H groups in total. The minimum absolute atomic E-state index is 0.182.